The molecule has 0 saturated carbocycles. The quantitative estimate of drug-likeness (QED) is 0.833. The van der Waals surface area contributed by atoms with Crippen molar-refractivity contribution in [2.45, 2.75) is 44.7 Å². The Kier molecular flexibility index (Phi) is 6.17. The molecule has 1 N–H and O–H groups in total. The standard InChI is InChI=1S/C23H30N4O2/c1-2-29-20-10-8-18(9-11-20)21-6-5-15-27(21)23(28)25-19-12-16-26(17-13-19)22-7-3-4-14-24-22/h3-4,7-11,14,19,21H,2,5-6,12-13,15-17H2,1H3,(H,25,28). The predicted molar refractivity (Wildman–Crippen MR) is 114 cm³/mol. The molecule has 1 atom stereocenters. The fourth-order valence-electron chi connectivity index (χ4n) is 4.36. The van der Waals surface area contributed by atoms with Gasteiger partial charge in [0.15, 0.2) is 0 Å². The topological polar surface area (TPSA) is 57.7 Å². The highest BCUT2D eigenvalue weighted by Gasteiger charge is 2.31. The van der Waals surface area contributed by atoms with Crippen LogP contribution in [0.25, 0.3) is 0 Å². The molecular weight excluding hydrogens is 364 g/mol. The van der Waals surface area contributed by atoms with E-state index in [2.05, 4.69) is 27.3 Å². The van der Waals surface area contributed by atoms with E-state index in [0.29, 0.717) is 6.61 Å². The molecule has 0 spiro atoms. The Morgan fingerprint density at radius 2 is 1.90 bits per heavy atom. The zero-order valence-corrected chi connectivity index (χ0v) is 17.1. The van der Waals surface area contributed by atoms with Gasteiger partial charge in [0.25, 0.3) is 0 Å². The van der Waals surface area contributed by atoms with Crippen LogP contribution in [0.15, 0.2) is 48.7 Å². The summed E-state index contributed by atoms with van der Waals surface area (Å²) in [5.41, 5.74) is 1.19. The minimum atomic E-state index is 0.0673. The molecule has 0 bridgehead atoms. The van der Waals surface area contributed by atoms with E-state index < -0.39 is 0 Å². The van der Waals surface area contributed by atoms with Crippen LogP contribution in [-0.2, 0) is 0 Å². The number of hydrogen-bond acceptors (Lipinski definition) is 4. The molecule has 2 fully saturated rings. The molecule has 6 heteroatoms. The van der Waals surface area contributed by atoms with Crippen molar-refractivity contribution < 1.29 is 9.53 Å². The van der Waals surface area contributed by atoms with Gasteiger partial charge < -0.3 is 19.9 Å². The number of carbonyl (C=O) groups excluding carboxylic acids is 1. The van der Waals surface area contributed by atoms with Crippen LogP contribution < -0.4 is 15.0 Å². The molecule has 3 heterocycles. The van der Waals surface area contributed by atoms with E-state index >= 15 is 0 Å². The van der Waals surface area contributed by atoms with Gasteiger partial charge in [-0.1, -0.05) is 18.2 Å². The van der Waals surface area contributed by atoms with E-state index in [0.717, 1.165) is 56.9 Å². The second-order valence-corrected chi connectivity index (χ2v) is 7.75. The number of likely N-dealkylation sites (tertiary alicyclic amines) is 1. The van der Waals surface area contributed by atoms with Gasteiger partial charge in [-0.15, -0.1) is 0 Å². The van der Waals surface area contributed by atoms with Crippen molar-refractivity contribution in [1.29, 1.82) is 0 Å². The van der Waals surface area contributed by atoms with E-state index in [1.807, 2.05) is 48.4 Å². The Morgan fingerprint density at radius 1 is 1.10 bits per heavy atom. The average molecular weight is 395 g/mol. The molecule has 0 radical (unpaired) electrons. The molecule has 6 nitrogen and oxygen atoms in total. The largest absolute Gasteiger partial charge is 0.494 e. The summed E-state index contributed by atoms with van der Waals surface area (Å²) >= 11 is 0. The summed E-state index contributed by atoms with van der Waals surface area (Å²) in [6.07, 6.45) is 5.79. The third-order valence-electron chi connectivity index (χ3n) is 5.89. The number of nitrogens with one attached hydrogen (secondary N) is 1. The first kappa shape index (κ1) is 19.6. The lowest BCUT2D eigenvalue weighted by Crippen LogP contribution is -2.49. The van der Waals surface area contributed by atoms with Crippen LogP contribution in [0.2, 0.25) is 0 Å². The first-order chi connectivity index (χ1) is 14.2. The average Bonchev–Trinajstić information content (AvgIpc) is 3.26. The Balaban J connectivity index is 1.32. The Morgan fingerprint density at radius 3 is 2.59 bits per heavy atom. The van der Waals surface area contributed by atoms with Gasteiger partial charge in [0.05, 0.1) is 12.6 Å². The number of ether oxygens (including phenoxy) is 1. The number of amides is 2. The van der Waals surface area contributed by atoms with Gasteiger partial charge in [-0.2, -0.15) is 0 Å². The molecule has 2 aromatic rings. The van der Waals surface area contributed by atoms with Crippen LogP contribution in [-0.4, -0.2) is 48.2 Å². The van der Waals surface area contributed by atoms with E-state index in [1.165, 1.54) is 5.56 Å². The van der Waals surface area contributed by atoms with Crippen LogP contribution in [0.3, 0.4) is 0 Å². The SMILES string of the molecule is CCOc1ccc(C2CCCN2C(=O)NC2CCN(c3ccccn3)CC2)cc1. The zero-order chi connectivity index (χ0) is 20.1. The van der Waals surface area contributed by atoms with Crippen molar-refractivity contribution in [2.24, 2.45) is 0 Å². The highest BCUT2D eigenvalue weighted by molar-refractivity contribution is 5.75. The Hall–Kier alpha value is -2.76. The molecule has 2 aliphatic rings. The number of benzene rings is 1. The second-order valence-electron chi connectivity index (χ2n) is 7.75. The number of nitrogens with zero attached hydrogens (tertiary/aromatic N) is 3. The number of pyridine rings is 1. The van der Waals surface area contributed by atoms with Crippen LogP contribution in [0.1, 0.15) is 44.2 Å². The lowest BCUT2D eigenvalue weighted by atomic mass is 10.0. The smallest absolute Gasteiger partial charge is 0.318 e. The van der Waals surface area contributed by atoms with Gasteiger partial charge >= 0.3 is 6.03 Å². The van der Waals surface area contributed by atoms with E-state index in [-0.39, 0.29) is 18.1 Å². The highest BCUT2D eigenvalue weighted by Crippen LogP contribution is 2.33. The highest BCUT2D eigenvalue weighted by atomic mass is 16.5. The Labute approximate surface area is 172 Å². The maximum atomic E-state index is 13.0. The first-order valence-electron chi connectivity index (χ1n) is 10.7. The van der Waals surface area contributed by atoms with E-state index in [1.54, 1.807) is 0 Å². The zero-order valence-electron chi connectivity index (χ0n) is 17.1. The monoisotopic (exact) mass is 394 g/mol. The fraction of sp³-hybridized carbons (Fsp3) is 0.478. The van der Waals surface area contributed by atoms with Crippen molar-refractivity contribution in [3.05, 3.63) is 54.2 Å². The number of anilines is 1. The first-order valence-corrected chi connectivity index (χ1v) is 10.7. The number of carbonyl (C=O) groups is 1. The van der Waals surface area contributed by atoms with Crippen molar-refractivity contribution in [3.63, 3.8) is 0 Å². The number of urea groups is 1. The summed E-state index contributed by atoms with van der Waals surface area (Å²) in [7, 11) is 0. The van der Waals surface area contributed by atoms with E-state index in [9.17, 15) is 4.79 Å². The molecule has 2 saturated heterocycles. The molecule has 2 amide bonds. The maximum absolute atomic E-state index is 13.0. The van der Waals surface area contributed by atoms with E-state index in [4.69, 9.17) is 4.74 Å². The predicted octanol–water partition coefficient (Wildman–Crippen LogP) is 4.00. The molecule has 4 rings (SSSR count). The van der Waals surface area contributed by atoms with Crippen LogP contribution in [0.5, 0.6) is 5.75 Å². The van der Waals surface area contributed by atoms with Gasteiger partial charge in [-0.25, -0.2) is 9.78 Å². The molecule has 154 valence electrons. The maximum Gasteiger partial charge on any atom is 0.318 e. The third-order valence-corrected chi connectivity index (χ3v) is 5.89. The molecule has 1 aromatic heterocycles. The van der Waals surface area contributed by atoms with Gasteiger partial charge in [0.1, 0.15) is 11.6 Å². The van der Waals surface area contributed by atoms with Gasteiger partial charge in [-0.05, 0) is 62.4 Å². The number of hydrogen-bond donors (Lipinski definition) is 1. The number of piperidine rings is 1. The van der Waals surface area contributed by atoms with Gasteiger partial charge in [0.2, 0.25) is 0 Å². The third kappa shape index (κ3) is 4.63. The minimum absolute atomic E-state index is 0.0673. The molecule has 1 unspecified atom stereocenters. The van der Waals surface area contributed by atoms with Crippen molar-refractivity contribution >= 4 is 11.8 Å². The molecule has 1 aromatic carbocycles. The van der Waals surface area contributed by atoms with Gasteiger partial charge in [-0.3, -0.25) is 0 Å². The van der Waals surface area contributed by atoms with Crippen molar-refractivity contribution in [3.8, 4) is 5.75 Å². The molecule has 2 aliphatic heterocycles. The van der Waals surface area contributed by atoms with Crippen LogP contribution in [0.4, 0.5) is 10.6 Å². The Bertz CT molecular complexity index is 788. The summed E-state index contributed by atoms with van der Waals surface area (Å²) < 4.78 is 5.54. The summed E-state index contributed by atoms with van der Waals surface area (Å²) in [5, 5.41) is 3.28. The lowest BCUT2D eigenvalue weighted by Gasteiger charge is -2.34. The molecule has 29 heavy (non-hydrogen) atoms. The summed E-state index contributed by atoms with van der Waals surface area (Å²) in [5.74, 6) is 1.90. The van der Waals surface area contributed by atoms with Crippen LogP contribution in [0, 0.1) is 0 Å². The number of aromatic nitrogens is 1. The summed E-state index contributed by atoms with van der Waals surface area (Å²) in [4.78, 5) is 21.7. The number of rotatable bonds is 5. The van der Waals surface area contributed by atoms with Crippen molar-refractivity contribution in [1.82, 2.24) is 15.2 Å². The minimum Gasteiger partial charge on any atom is -0.494 e. The molecular formula is C23H30N4O2. The summed E-state index contributed by atoms with van der Waals surface area (Å²) in [6.45, 7) is 5.30. The summed E-state index contributed by atoms with van der Waals surface area (Å²) in [6, 6.07) is 14.6. The second kappa shape index (κ2) is 9.16. The normalized spacial score (nSPS) is 20.0. The molecule has 0 aliphatic carbocycles. The van der Waals surface area contributed by atoms with Crippen molar-refractivity contribution in [2.75, 3.05) is 31.1 Å². The fourth-order valence-corrected chi connectivity index (χ4v) is 4.36. The van der Waals surface area contributed by atoms with Gasteiger partial charge in [0, 0.05) is 31.9 Å². The lowest BCUT2D eigenvalue weighted by molar-refractivity contribution is 0.186. The van der Waals surface area contributed by atoms with Crippen LogP contribution >= 0.6 is 0 Å².